The molecule has 2 heterocycles. The van der Waals surface area contributed by atoms with Gasteiger partial charge < -0.3 is 19.5 Å². The summed E-state index contributed by atoms with van der Waals surface area (Å²) in [5.41, 5.74) is 0. The highest BCUT2D eigenvalue weighted by molar-refractivity contribution is 4.97. The van der Waals surface area contributed by atoms with E-state index in [1.807, 2.05) is 0 Å². The smallest absolute Gasteiger partial charge is 0.170 e. The Kier molecular flexibility index (Phi) is 5.17. The van der Waals surface area contributed by atoms with Crippen molar-refractivity contribution in [2.24, 2.45) is 0 Å². The Labute approximate surface area is 128 Å². The number of ether oxygens (including phenoxy) is 3. The lowest BCUT2D eigenvalue weighted by Gasteiger charge is -2.47. The summed E-state index contributed by atoms with van der Waals surface area (Å²) in [4.78, 5) is 2.63. The minimum absolute atomic E-state index is 0.297. The molecule has 2 aliphatic heterocycles. The van der Waals surface area contributed by atoms with Crippen molar-refractivity contribution in [3.8, 4) is 0 Å². The van der Waals surface area contributed by atoms with Crippen molar-refractivity contribution in [2.75, 3.05) is 40.0 Å². The fourth-order valence-corrected chi connectivity index (χ4v) is 4.22. The number of nitrogens with zero attached hydrogens (tertiary/aromatic N) is 1. The zero-order valence-electron chi connectivity index (χ0n) is 13.5. The third-order valence-electron chi connectivity index (χ3n) is 5.35. The lowest BCUT2D eigenvalue weighted by molar-refractivity contribution is -0.194. The first kappa shape index (κ1) is 15.7. The van der Waals surface area contributed by atoms with Crippen LogP contribution in [0.3, 0.4) is 0 Å². The van der Waals surface area contributed by atoms with Crippen LogP contribution < -0.4 is 5.32 Å². The molecule has 2 atom stereocenters. The van der Waals surface area contributed by atoms with Gasteiger partial charge >= 0.3 is 0 Å². The molecule has 3 rings (SSSR count). The molecule has 1 aliphatic carbocycles. The quantitative estimate of drug-likeness (QED) is 0.849. The summed E-state index contributed by atoms with van der Waals surface area (Å²) < 4.78 is 17.7. The number of likely N-dealkylation sites (tertiary alicyclic amines) is 1. The molecule has 2 unspecified atom stereocenters. The van der Waals surface area contributed by atoms with Gasteiger partial charge in [-0.05, 0) is 33.2 Å². The highest BCUT2D eigenvalue weighted by atomic mass is 16.7. The van der Waals surface area contributed by atoms with Crippen LogP contribution in [0.4, 0.5) is 0 Å². The maximum absolute atomic E-state index is 5.95. The summed E-state index contributed by atoms with van der Waals surface area (Å²) in [7, 11) is 2.08. The Hall–Kier alpha value is -0.200. The number of rotatable bonds is 4. The minimum Gasteiger partial charge on any atom is -0.378 e. The van der Waals surface area contributed by atoms with Crippen LogP contribution in [0.5, 0.6) is 0 Å². The number of likely N-dealkylation sites (N-methyl/N-ethyl adjacent to an activating group) is 1. The van der Waals surface area contributed by atoms with Gasteiger partial charge in [0.05, 0.1) is 19.3 Å². The average molecular weight is 298 g/mol. The maximum atomic E-state index is 5.95. The molecule has 2 saturated heterocycles. The SMILES string of the molecule is CCOC1CCN(C2CC3(CCC2NC)OCCO3)CC1. The van der Waals surface area contributed by atoms with E-state index in [2.05, 4.69) is 24.2 Å². The molecule has 0 aromatic heterocycles. The van der Waals surface area contributed by atoms with Crippen molar-refractivity contribution in [1.82, 2.24) is 10.2 Å². The molecule has 122 valence electrons. The molecule has 3 aliphatic rings. The summed E-state index contributed by atoms with van der Waals surface area (Å²) in [6.07, 6.45) is 5.90. The summed E-state index contributed by atoms with van der Waals surface area (Å²) >= 11 is 0. The van der Waals surface area contributed by atoms with Crippen LogP contribution in [0.15, 0.2) is 0 Å². The Morgan fingerprint density at radius 3 is 2.52 bits per heavy atom. The average Bonchev–Trinajstić information content (AvgIpc) is 2.96. The molecule has 0 radical (unpaired) electrons. The van der Waals surface area contributed by atoms with Gasteiger partial charge in [0.1, 0.15) is 0 Å². The van der Waals surface area contributed by atoms with E-state index in [-0.39, 0.29) is 5.79 Å². The van der Waals surface area contributed by atoms with Crippen molar-refractivity contribution >= 4 is 0 Å². The van der Waals surface area contributed by atoms with Crippen LogP contribution in [-0.4, -0.2) is 68.8 Å². The highest BCUT2D eigenvalue weighted by Crippen LogP contribution is 2.38. The van der Waals surface area contributed by atoms with E-state index >= 15 is 0 Å². The molecule has 1 spiro atoms. The molecule has 5 heteroatoms. The van der Waals surface area contributed by atoms with E-state index in [1.165, 1.54) is 0 Å². The fourth-order valence-electron chi connectivity index (χ4n) is 4.22. The van der Waals surface area contributed by atoms with Gasteiger partial charge in [-0.2, -0.15) is 0 Å². The molecular formula is C16H30N2O3. The van der Waals surface area contributed by atoms with Gasteiger partial charge in [0.15, 0.2) is 5.79 Å². The van der Waals surface area contributed by atoms with E-state index in [1.54, 1.807) is 0 Å². The van der Waals surface area contributed by atoms with Crippen LogP contribution >= 0.6 is 0 Å². The lowest BCUT2D eigenvalue weighted by atomic mass is 9.83. The third kappa shape index (κ3) is 3.42. The van der Waals surface area contributed by atoms with Gasteiger partial charge in [-0.3, -0.25) is 4.90 Å². The van der Waals surface area contributed by atoms with E-state index in [0.29, 0.717) is 18.2 Å². The van der Waals surface area contributed by atoms with Gasteiger partial charge in [-0.1, -0.05) is 0 Å². The van der Waals surface area contributed by atoms with Crippen molar-refractivity contribution in [3.05, 3.63) is 0 Å². The Morgan fingerprint density at radius 1 is 1.19 bits per heavy atom. The van der Waals surface area contributed by atoms with Crippen LogP contribution in [0.25, 0.3) is 0 Å². The first-order valence-electron chi connectivity index (χ1n) is 8.57. The highest BCUT2D eigenvalue weighted by Gasteiger charge is 2.46. The summed E-state index contributed by atoms with van der Waals surface area (Å²) in [5, 5.41) is 3.51. The zero-order valence-corrected chi connectivity index (χ0v) is 13.5. The summed E-state index contributed by atoms with van der Waals surface area (Å²) in [6, 6.07) is 1.07. The first-order chi connectivity index (χ1) is 10.3. The Morgan fingerprint density at radius 2 is 1.90 bits per heavy atom. The fraction of sp³-hybridized carbons (Fsp3) is 1.00. The van der Waals surface area contributed by atoms with E-state index < -0.39 is 0 Å². The van der Waals surface area contributed by atoms with Crippen LogP contribution in [0.1, 0.15) is 39.0 Å². The zero-order chi connectivity index (χ0) is 14.7. The van der Waals surface area contributed by atoms with Crippen molar-refractivity contribution in [3.63, 3.8) is 0 Å². The molecule has 0 aromatic carbocycles. The van der Waals surface area contributed by atoms with Gasteiger partial charge in [0.25, 0.3) is 0 Å². The maximum Gasteiger partial charge on any atom is 0.170 e. The summed E-state index contributed by atoms with van der Waals surface area (Å²) in [5.74, 6) is -0.297. The first-order valence-corrected chi connectivity index (χ1v) is 8.57. The van der Waals surface area contributed by atoms with Crippen LogP contribution in [0.2, 0.25) is 0 Å². The van der Waals surface area contributed by atoms with E-state index in [4.69, 9.17) is 14.2 Å². The van der Waals surface area contributed by atoms with Crippen LogP contribution in [-0.2, 0) is 14.2 Å². The van der Waals surface area contributed by atoms with Crippen molar-refractivity contribution in [1.29, 1.82) is 0 Å². The minimum atomic E-state index is -0.297. The van der Waals surface area contributed by atoms with E-state index in [9.17, 15) is 0 Å². The van der Waals surface area contributed by atoms with Gasteiger partial charge in [0.2, 0.25) is 0 Å². The molecule has 1 N–H and O–H groups in total. The molecule has 0 aromatic rings. The van der Waals surface area contributed by atoms with Crippen molar-refractivity contribution in [2.45, 2.75) is 63.0 Å². The molecule has 3 fully saturated rings. The van der Waals surface area contributed by atoms with Crippen molar-refractivity contribution < 1.29 is 14.2 Å². The predicted octanol–water partition coefficient (Wildman–Crippen LogP) is 1.37. The monoisotopic (exact) mass is 298 g/mol. The molecule has 5 nitrogen and oxygen atoms in total. The molecule has 0 bridgehead atoms. The molecule has 21 heavy (non-hydrogen) atoms. The number of nitrogens with one attached hydrogen (secondary N) is 1. The molecular weight excluding hydrogens is 268 g/mol. The molecule has 0 amide bonds. The second-order valence-electron chi connectivity index (χ2n) is 6.50. The van der Waals surface area contributed by atoms with E-state index in [0.717, 1.165) is 65.0 Å². The normalized spacial score (nSPS) is 34.6. The number of hydrogen-bond donors (Lipinski definition) is 1. The predicted molar refractivity (Wildman–Crippen MR) is 81.3 cm³/mol. The third-order valence-corrected chi connectivity index (χ3v) is 5.35. The standard InChI is InChI=1S/C16H30N2O3/c1-3-19-13-5-8-18(9-6-13)15-12-16(20-10-11-21-16)7-4-14(15)17-2/h13-15,17H,3-12H2,1-2H3. The Balaban J connectivity index is 1.61. The molecule has 1 saturated carbocycles. The topological polar surface area (TPSA) is 43.0 Å². The lowest BCUT2D eigenvalue weighted by Crippen LogP contribution is -2.58. The Bertz CT molecular complexity index is 325. The number of piperidine rings is 1. The second-order valence-corrected chi connectivity index (χ2v) is 6.50. The van der Waals surface area contributed by atoms with Crippen LogP contribution in [0, 0.1) is 0 Å². The largest absolute Gasteiger partial charge is 0.378 e. The van der Waals surface area contributed by atoms with Gasteiger partial charge in [-0.15, -0.1) is 0 Å². The van der Waals surface area contributed by atoms with Gasteiger partial charge in [-0.25, -0.2) is 0 Å². The summed E-state index contributed by atoms with van der Waals surface area (Å²) in [6.45, 7) is 6.68. The second kappa shape index (κ2) is 6.92. The number of hydrogen-bond acceptors (Lipinski definition) is 5. The van der Waals surface area contributed by atoms with Gasteiger partial charge in [0, 0.05) is 44.6 Å².